The van der Waals surface area contributed by atoms with Crippen LogP contribution in [0, 0.1) is 5.41 Å². The summed E-state index contributed by atoms with van der Waals surface area (Å²) in [5.74, 6) is 0. The Morgan fingerprint density at radius 1 is 1.33 bits per heavy atom. The minimum absolute atomic E-state index is 0.284. The fraction of sp³-hybridized carbons (Fsp3) is 0.412. The van der Waals surface area contributed by atoms with Gasteiger partial charge in [-0.2, -0.15) is 0 Å². The van der Waals surface area contributed by atoms with Crippen molar-refractivity contribution in [2.24, 2.45) is 5.41 Å². The zero-order chi connectivity index (χ0) is 13.6. The van der Waals surface area contributed by atoms with E-state index in [1.807, 2.05) is 36.4 Å². The molecule has 1 nitrogen and oxygen atoms in total. The number of allylic oxidation sites excluding steroid dienone is 2. The van der Waals surface area contributed by atoms with E-state index in [0.29, 0.717) is 0 Å². The minimum atomic E-state index is -0.498. The maximum absolute atomic E-state index is 10.5. The Kier molecular flexibility index (Phi) is 5.36. The van der Waals surface area contributed by atoms with E-state index >= 15 is 0 Å². The molecule has 0 heterocycles. The predicted molar refractivity (Wildman–Crippen MR) is 78.4 cm³/mol. The highest BCUT2D eigenvalue weighted by atomic mass is 16.3. The van der Waals surface area contributed by atoms with Gasteiger partial charge in [-0.15, -0.1) is 6.58 Å². The maximum atomic E-state index is 10.5. The van der Waals surface area contributed by atoms with E-state index in [4.69, 9.17) is 0 Å². The van der Waals surface area contributed by atoms with E-state index in [9.17, 15) is 5.11 Å². The van der Waals surface area contributed by atoms with Crippen molar-refractivity contribution >= 4 is 0 Å². The molecule has 0 spiro atoms. The van der Waals surface area contributed by atoms with Crippen molar-refractivity contribution < 1.29 is 5.11 Å². The van der Waals surface area contributed by atoms with Crippen LogP contribution in [-0.4, -0.2) is 5.11 Å². The summed E-state index contributed by atoms with van der Waals surface area (Å²) in [6.45, 7) is 10.2. The third-order valence-corrected chi connectivity index (χ3v) is 3.44. The lowest BCUT2D eigenvalue weighted by Gasteiger charge is -2.31. The normalized spacial score (nSPS) is 15.6. The molecule has 0 aliphatic carbocycles. The number of aliphatic hydroxyl groups excluding tert-OH is 1. The van der Waals surface area contributed by atoms with Crippen LogP contribution in [0.5, 0.6) is 0 Å². The van der Waals surface area contributed by atoms with Gasteiger partial charge in [-0.1, -0.05) is 55.0 Å². The number of benzene rings is 1. The average molecular weight is 244 g/mol. The van der Waals surface area contributed by atoms with Crippen LogP contribution in [0.2, 0.25) is 0 Å². The Balaban J connectivity index is 2.80. The Bertz CT molecular complexity index is 401. The molecule has 1 aromatic carbocycles. The maximum Gasteiger partial charge on any atom is 0.0877 e. The summed E-state index contributed by atoms with van der Waals surface area (Å²) in [7, 11) is 0. The summed E-state index contributed by atoms with van der Waals surface area (Å²) in [6.07, 6.45) is 5.46. The van der Waals surface area contributed by atoms with Crippen molar-refractivity contribution in [3.63, 3.8) is 0 Å². The molecule has 0 radical (unpaired) electrons. The molecule has 0 amide bonds. The zero-order valence-electron chi connectivity index (χ0n) is 11.7. The van der Waals surface area contributed by atoms with Crippen LogP contribution in [0.3, 0.4) is 0 Å². The van der Waals surface area contributed by atoms with Gasteiger partial charge >= 0.3 is 0 Å². The van der Waals surface area contributed by atoms with Gasteiger partial charge in [0.15, 0.2) is 0 Å². The number of hydrogen-bond acceptors (Lipinski definition) is 1. The molecule has 18 heavy (non-hydrogen) atoms. The van der Waals surface area contributed by atoms with Crippen LogP contribution < -0.4 is 0 Å². The first kappa shape index (κ1) is 14.7. The van der Waals surface area contributed by atoms with Crippen LogP contribution in [0.15, 0.2) is 54.6 Å². The summed E-state index contributed by atoms with van der Waals surface area (Å²) in [5, 5.41) is 10.5. The molecular formula is C17H24O. The van der Waals surface area contributed by atoms with Crippen LogP contribution in [0.25, 0.3) is 0 Å². The quantitative estimate of drug-likeness (QED) is 0.722. The predicted octanol–water partition coefficient (Wildman–Crippen LogP) is 4.66. The lowest BCUT2D eigenvalue weighted by atomic mass is 9.77. The van der Waals surface area contributed by atoms with Gasteiger partial charge < -0.3 is 5.11 Å². The largest absolute Gasteiger partial charge is 0.388 e. The van der Waals surface area contributed by atoms with E-state index < -0.39 is 6.10 Å². The van der Waals surface area contributed by atoms with E-state index in [2.05, 4.69) is 33.4 Å². The molecule has 0 aromatic heterocycles. The Morgan fingerprint density at radius 3 is 2.44 bits per heavy atom. The van der Waals surface area contributed by atoms with Crippen molar-refractivity contribution in [1.29, 1.82) is 0 Å². The lowest BCUT2D eigenvalue weighted by Crippen LogP contribution is -2.23. The topological polar surface area (TPSA) is 20.2 Å². The molecule has 0 saturated heterocycles. The second kappa shape index (κ2) is 6.55. The molecular weight excluding hydrogens is 220 g/mol. The molecule has 2 unspecified atom stereocenters. The first-order valence-electron chi connectivity index (χ1n) is 6.49. The summed E-state index contributed by atoms with van der Waals surface area (Å²) >= 11 is 0. The molecule has 1 N–H and O–H groups in total. The highest BCUT2D eigenvalue weighted by Gasteiger charge is 2.30. The average Bonchev–Trinajstić information content (AvgIpc) is 2.38. The summed E-state index contributed by atoms with van der Waals surface area (Å²) < 4.78 is 0. The number of rotatable bonds is 6. The highest BCUT2D eigenvalue weighted by Crippen LogP contribution is 2.39. The first-order valence-corrected chi connectivity index (χ1v) is 6.49. The molecule has 0 aliphatic rings. The summed E-state index contributed by atoms with van der Waals surface area (Å²) in [6, 6.07) is 9.81. The number of aliphatic hydroxyl groups is 1. The Morgan fingerprint density at radius 2 is 1.94 bits per heavy atom. The van der Waals surface area contributed by atoms with E-state index in [1.54, 1.807) is 0 Å². The fourth-order valence-corrected chi connectivity index (χ4v) is 2.04. The van der Waals surface area contributed by atoms with Crippen molar-refractivity contribution in [3.05, 3.63) is 60.2 Å². The molecule has 1 heteroatoms. The first-order chi connectivity index (χ1) is 8.49. The van der Waals surface area contributed by atoms with Crippen LogP contribution >= 0.6 is 0 Å². The van der Waals surface area contributed by atoms with E-state index in [0.717, 1.165) is 18.4 Å². The van der Waals surface area contributed by atoms with E-state index in [1.165, 1.54) is 5.57 Å². The monoisotopic (exact) mass is 244 g/mol. The van der Waals surface area contributed by atoms with Crippen molar-refractivity contribution in [2.75, 3.05) is 0 Å². The van der Waals surface area contributed by atoms with Crippen LogP contribution in [-0.2, 0) is 0 Å². The minimum Gasteiger partial charge on any atom is -0.388 e. The van der Waals surface area contributed by atoms with Gasteiger partial charge in [0.05, 0.1) is 6.10 Å². The molecule has 0 fully saturated rings. The van der Waals surface area contributed by atoms with Gasteiger partial charge in [0.1, 0.15) is 0 Å². The smallest absolute Gasteiger partial charge is 0.0877 e. The van der Waals surface area contributed by atoms with Gasteiger partial charge in [-0.25, -0.2) is 0 Å². The standard InChI is InChI=1S/C17H24O/c1-5-17(4,13-9-10-14(2)3)16(18)15-11-7-6-8-12-15/h5-8,10-12,16,18H,1,9,13H2,2-4H3. The van der Waals surface area contributed by atoms with Crippen LogP contribution in [0.4, 0.5) is 0 Å². The summed E-state index contributed by atoms with van der Waals surface area (Å²) in [4.78, 5) is 0. The van der Waals surface area contributed by atoms with Gasteiger partial charge in [-0.05, 0) is 32.3 Å². The van der Waals surface area contributed by atoms with Crippen molar-refractivity contribution in [3.8, 4) is 0 Å². The number of hydrogen-bond donors (Lipinski definition) is 1. The molecule has 0 bridgehead atoms. The molecule has 1 rings (SSSR count). The Labute approximate surface area is 111 Å². The molecule has 0 saturated carbocycles. The molecule has 2 atom stereocenters. The van der Waals surface area contributed by atoms with Gasteiger partial charge in [0.25, 0.3) is 0 Å². The second-order valence-corrected chi connectivity index (χ2v) is 5.34. The Hall–Kier alpha value is -1.34. The van der Waals surface area contributed by atoms with Gasteiger partial charge in [0.2, 0.25) is 0 Å². The summed E-state index contributed by atoms with van der Waals surface area (Å²) in [5.41, 5.74) is 1.99. The van der Waals surface area contributed by atoms with Crippen molar-refractivity contribution in [2.45, 2.75) is 39.7 Å². The fourth-order valence-electron chi connectivity index (χ4n) is 2.04. The lowest BCUT2D eigenvalue weighted by molar-refractivity contribution is 0.0646. The molecule has 0 aliphatic heterocycles. The van der Waals surface area contributed by atoms with E-state index in [-0.39, 0.29) is 5.41 Å². The van der Waals surface area contributed by atoms with Crippen molar-refractivity contribution in [1.82, 2.24) is 0 Å². The SMILES string of the molecule is C=CC(C)(CCC=C(C)C)C(O)c1ccccc1. The third-order valence-electron chi connectivity index (χ3n) is 3.44. The molecule has 1 aromatic rings. The third kappa shape index (κ3) is 3.85. The van der Waals surface area contributed by atoms with Gasteiger partial charge in [-0.3, -0.25) is 0 Å². The van der Waals surface area contributed by atoms with Crippen LogP contribution in [0.1, 0.15) is 45.3 Å². The van der Waals surface area contributed by atoms with Gasteiger partial charge in [0, 0.05) is 5.41 Å². The highest BCUT2D eigenvalue weighted by molar-refractivity contribution is 5.21. The second-order valence-electron chi connectivity index (χ2n) is 5.34. The zero-order valence-corrected chi connectivity index (χ0v) is 11.7. The molecule has 98 valence electrons.